The van der Waals surface area contributed by atoms with E-state index in [0.29, 0.717) is 11.6 Å². The van der Waals surface area contributed by atoms with Gasteiger partial charge in [0.15, 0.2) is 0 Å². The monoisotopic (exact) mass is 448 g/mol. The molecule has 1 aromatic heterocycles. The van der Waals surface area contributed by atoms with Crippen LogP contribution in [0, 0.1) is 18.3 Å². The van der Waals surface area contributed by atoms with E-state index in [2.05, 4.69) is 62.2 Å². The van der Waals surface area contributed by atoms with Crippen molar-refractivity contribution >= 4 is 11.8 Å². The van der Waals surface area contributed by atoms with Gasteiger partial charge in [0.1, 0.15) is 6.07 Å². The highest BCUT2D eigenvalue weighted by Crippen LogP contribution is 2.32. The van der Waals surface area contributed by atoms with Crippen LogP contribution in [0.15, 0.2) is 40.0 Å². The van der Waals surface area contributed by atoms with Gasteiger partial charge in [-0.25, -0.2) is 4.79 Å². The molecule has 166 valence electrons. The van der Waals surface area contributed by atoms with Crippen LogP contribution >= 0.6 is 11.8 Å². The Labute approximate surface area is 193 Å². The molecule has 7 heteroatoms. The third kappa shape index (κ3) is 4.71. The van der Waals surface area contributed by atoms with Gasteiger partial charge in [-0.1, -0.05) is 39.8 Å². The quantitative estimate of drug-likeness (QED) is 0.529. The molecule has 3 aromatic rings. The van der Waals surface area contributed by atoms with Crippen molar-refractivity contribution in [1.29, 1.82) is 5.26 Å². The molecule has 0 bridgehead atoms. The summed E-state index contributed by atoms with van der Waals surface area (Å²) >= 11 is 1.77. The van der Waals surface area contributed by atoms with Crippen LogP contribution in [0.3, 0.4) is 0 Å². The summed E-state index contributed by atoms with van der Waals surface area (Å²) < 4.78 is 1.07. The second kappa shape index (κ2) is 9.58. The van der Waals surface area contributed by atoms with E-state index in [9.17, 15) is 9.90 Å². The molecule has 0 saturated heterocycles. The van der Waals surface area contributed by atoms with Gasteiger partial charge in [0.2, 0.25) is 5.69 Å². The number of rotatable bonds is 6. The molecule has 0 unspecified atom stereocenters. The van der Waals surface area contributed by atoms with Gasteiger partial charge in [-0.15, -0.1) is 16.9 Å². The zero-order valence-electron chi connectivity index (χ0n) is 19.3. The molecule has 0 aliphatic heterocycles. The van der Waals surface area contributed by atoms with Crippen molar-refractivity contribution in [3.63, 3.8) is 0 Å². The average Bonchev–Trinajstić information content (AvgIpc) is 2.74. The molecule has 0 fully saturated rings. The minimum absolute atomic E-state index is 0.218. The topological polar surface area (TPSA) is 91.8 Å². The summed E-state index contributed by atoms with van der Waals surface area (Å²) in [7, 11) is 0. The lowest BCUT2D eigenvalue weighted by atomic mass is 9.88. The fraction of sp³-hybridized carbons (Fsp3) is 0.360. The van der Waals surface area contributed by atoms with Gasteiger partial charge in [-0.05, 0) is 77.5 Å². The molecule has 0 saturated carbocycles. The first-order chi connectivity index (χ1) is 15.2. The minimum Gasteiger partial charge on any atom is -0.491 e. The molecule has 1 heterocycles. The second-order valence-corrected chi connectivity index (χ2v) is 9.33. The standard InChI is InChI=1S/C25H28N4O2S/c1-14(2)19-12-18(29-25(31)27-24(30)22(13-26)28-29)9-16(5)21(19)11-17-7-8-23(32-6)20(10-17)15(3)4/h7-10,12,14-15H,11H2,1-6H3,(H,27,30,31). The summed E-state index contributed by atoms with van der Waals surface area (Å²) in [4.78, 5) is 17.2. The molecule has 0 spiro atoms. The Hall–Kier alpha value is -3.11. The van der Waals surface area contributed by atoms with Crippen LogP contribution in [-0.4, -0.2) is 26.1 Å². The molecule has 0 radical (unpaired) electrons. The maximum atomic E-state index is 12.4. The largest absolute Gasteiger partial charge is 0.491 e. The maximum absolute atomic E-state index is 12.4. The molecule has 0 aliphatic rings. The lowest BCUT2D eigenvalue weighted by molar-refractivity contribution is 0.437. The van der Waals surface area contributed by atoms with E-state index < -0.39 is 11.6 Å². The summed E-state index contributed by atoms with van der Waals surface area (Å²) in [6, 6.07) is 12.3. The maximum Gasteiger partial charge on any atom is 0.372 e. The second-order valence-electron chi connectivity index (χ2n) is 8.48. The molecular weight excluding hydrogens is 420 g/mol. The number of aryl methyl sites for hydroxylation is 1. The fourth-order valence-electron chi connectivity index (χ4n) is 3.87. The molecule has 2 aromatic carbocycles. The van der Waals surface area contributed by atoms with Crippen molar-refractivity contribution < 1.29 is 5.11 Å². The van der Waals surface area contributed by atoms with Crippen molar-refractivity contribution in [1.82, 2.24) is 14.8 Å². The summed E-state index contributed by atoms with van der Waals surface area (Å²) in [5.41, 5.74) is 5.49. The summed E-state index contributed by atoms with van der Waals surface area (Å²) in [6.45, 7) is 10.7. The van der Waals surface area contributed by atoms with E-state index in [1.807, 2.05) is 19.1 Å². The third-order valence-electron chi connectivity index (χ3n) is 5.56. The van der Waals surface area contributed by atoms with Crippen molar-refractivity contribution in [2.24, 2.45) is 0 Å². The van der Waals surface area contributed by atoms with Crippen molar-refractivity contribution in [3.05, 3.63) is 74.3 Å². The highest BCUT2D eigenvalue weighted by molar-refractivity contribution is 7.98. The van der Waals surface area contributed by atoms with Gasteiger partial charge in [0.05, 0.1) is 5.69 Å². The smallest absolute Gasteiger partial charge is 0.372 e. The van der Waals surface area contributed by atoms with E-state index in [-0.39, 0.29) is 11.6 Å². The Morgan fingerprint density at radius 1 is 1.12 bits per heavy atom. The number of benzene rings is 2. The van der Waals surface area contributed by atoms with Gasteiger partial charge >= 0.3 is 5.69 Å². The first-order valence-corrected chi connectivity index (χ1v) is 11.8. The lowest BCUT2D eigenvalue weighted by Gasteiger charge is -2.19. The van der Waals surface area contributed by atoms with E-state index in [1.54, 1.807) is 17.8 Å². The zero-order valence-corrected chi connectivity index (χ0v) is 20.1. The van der Waals surface area contributed by atoms with Gasteiger partial charge in [-0.2, -0.15) is 14.9 Å². The first-order valence-electron chi connectivity index (χ1n) is 10.6. The molecule has 32 heavy (non-hydrogen) atoms. The van der Waals surface area contributed by atoms with E-state index >= 15 is 0 Å². The molecule has 3 rings (SSSR count). The Kier molecular flexibility index (Phi) is 7.05. The number of nitriles is 1. The molecule has 0 atom stereocenters. The Bertz CT molecular complexity index is 1260. The molecular formula is C25H28N4O2S. The number of thioether (sulfide) groups is 1. The zero-order chi connectivity index (χ0) is 23.6. The van der Waals surface area contributed by atoms with Gasteiger partial charge in [0, 0.05) is 4.90 Å². The number of nitrogens with zero attached hydrogens (tertiary/aromatic N) is 4. The van der Waals surface area contributed by atoms with Crippen LogP contribution in [0.1, 0.15) is 73.0 Å². The normalized spacial score (nSPS) is 11.2. The van der Waals surface area contributed by atoms with Crippen molar-refractivity contribution in [2.45, 2.75) is 57.8 Å². The number of aromatic hydroxyl groups is 1. The SMILES string of the molecule is CSc1ccc(Cc2c(C)cc(-n3nc(C#N)c(O)nc3=O)cc2C(C)C)cc1C(C)C. The van der Waals surface area contributed by atoms with E-state index in [4.69, 9.17) is 5.26 Å². The molecule has 6 nitrogen and oxygen atoms in total. The van der Waals surface area contributed by atoms with Crippen LogP contribution in [-0.2, 0) is 6.42 Å². The summed E-state index contributed by atoms with van der Waals surface area (Å²) in [6.07, 6.45) is 2.89. The Morgan fingerprint density at radius 3 is 2.41 bits per heavy atom. The minimum atomic E-state index is -0.724. The van der Waals surface area contributed by atoms with E-state index in [0.717, 1.165) is 22.2 Å². The first kappa shape index (κ1) is 23.6. The van der Waals surface area contributed by atoms with E-state index in [1.165, 1.54) is 21.6 Å². The third-order valence-corrected chi connectivity index (χ3v) is 6.37. The Balaban J connectivity index is 2.12. The van der Waals surface area contributed by atoms with Crippen molar-refractivity contribution in [3.8, 4) is 17.6 Å². The van der Waals surface area contributed by atoms with Crippen LogP contribution in [0.25, 0.3) is 5.69 Å². The van der Waals surface area contributed by atoms with Crippen LogP contribution in [0.2, 0.25) is 0 Å². The molecule has 1 N–H and O–H groups in total. The molecule has 0 aliphatic carbocycles. The lowest BCUT2D eigenvalue weighted by Crippen LogP contribution is -2.25. The highest BCUT2D eigenvalue weighted by Gasteiger charge is 2.17. The Morgan fingerprint density at radius 2 is 1.81 bits per heavy atom. The predicted molar refractivity (Wildman–Crippen MR) is 128 cm³/mol. The predicted octanol–water partition coefficient (Wildman–Crippen LogP) is 5.07. The average molecular weight is 449 g/mol. The number of hydrogen-bond donors (Lipinski definition) is 1. The van der Waals surface area contributed by atoms with Crippen molar-refractivity contribution in [2.75, 3.05) is 6.26 Å². The van der Waals surface area contributed by atoms with Gasteiger partial charge in [0.25, 0.3) is 5.88 Å². The summed E-state index contributed by atoms with van der Waals surface area (Å²) in [5, 5.41) is 22.8. The van der Waals surface area contributed by atoms with Crippen LogP contribution in [0.5, 0.6) is 5.88 Å². The van der Waals surface area contributed by atoms with Crippen LogP contribution in [0.4, 0.5) is 0 Å². The molecule has 0 amide bonds. The highest BCUT2D eigenvalue weighted by atomic mass is 32.2. The number of aromatic nitrogens is 3. The fourth-order valence-corrected chi connectivity index (χ4v) is 4.61. The summed E-state index contributed by atoms with van der Waals surface area (Å²) in [5.74, 6) is 0.00967. The van der Waals surface area contributed by atoms with Crippen LogP contribution < -0.4 is 5.69 Å². The van der Waals surface area contributed by atoms with Gasteiger partial charge in [-0.3, -0.25) is 0 Å². The number of hydrogen-bond acceptors (Lipinski definition) is 6. The van der Waals surface area contributed by atoms with Gasteiger partial charge < -0.3 is 5.11 Å².